The molecule has 0 aliphatic heterocycles. The summed E-state index contributed by atoms with van der Waals surface area (Å²) in [6.45, 7) is 1.39. The van der Waals surface area contributed by atoms with E-state index in [1.54, 1.807) is 36.4 Å². The number of aliphatic carboxylic acids is 1. The SMILES string of the molecule is CC(Oc1ccc(/C=C/C(=O)c2ccc(Br)cc2)c(Cl)c1Cl)C(=O)O. The lowest BCUT2D eigenvalue weighted by molar-refractivity contribution is -0.144. The van der Waals surface area contributed by atoms with Crippen LogP contribution >= 0.6 is 39.1 Å². The molecule has 0 bridgehead atoms. The molecule has 2 aromatic carbocycles. The van der Waals surface area contributed by atoms with Gasteiger partial charge in [0.15, 0.2) is 11.9 Å². The maximum atomic E-state index is 12.1. The van der Waals surface area contributed by atoms with Gasteiger partial charge in [0.05, 0.1) is 5.02 Å². The summed E-state index contributed by atoms with van der Waals surface area (Å²) in [5.74, 6) is -1.13. The minimum atomic E-state index is -1.11. The number of ether oxygens (including phenoxy) is 1. The van der Waals surface area contributed by atoms with Crippen molar-refractivity contribution >= 4 is 57.0 Å². The monoisotopic (exact) mass is 442 g/mol. The minimum Gasteiger partial charge on any atom is -0.479 e. The van der Waals surface area contributed by atoms with E-state index in [2.05, 4.69) is 15.9 Å². The molecule has 0 fully saturated rings. The quantitative estimate of drug-likeness (QED) is 0.472. The summed E-state index contributed by atoms with van der Waals surface area (Å²) in [7, 11) is 0. The molecule has 130 valence electrons. The fourth-order valence-electron chi connectivity index (χ4n) is 1.88. The van der Waals surface area contributed by atoms with Gasteiger partial charge in [0.25, 0.3) is 0 Å². The molecule has 2 aromatic rings. The fourth-order valence-corrected chi connectivity index (χ4v) is 2.58. The third kappa shape index (κ3) is 5.08. The second kappa shape index (κ2) is 8.52. The number of carboxylic acids is 1. The molecule has 7 heteroatoms. The first-order chi connectivity index (χ1) is 11.8. The number of carboxylic acid groups (broad SMARTS) is 1. The van der Waals surface area contributed by atoms with Crippen molar-refractivity contribution in [3.05, 3.63) is 68.1 Å². The smallest absolute Gasteiger partial charge is 0.344 e. The number of hydrogen-bond acceptors (Lipinski definition) is 3. The first-order valence-corrected chi connectivity index (χ1v) is 8.70. The highest BCUT2D eigenvalue weighted by atomic mass is 79.9. The van der Waals surface area contributed by atoms with Crippen LogP contribution in [0.15, 0.2) is 46.9 Å². The maximum Gasteiger partial charge on any atom is 0.344 e. The number of allylic oxidation sites excluding steroid dienone is 1. The molecule has 25 heavy (non-hydrogen) atoms. The molecule has 0 heterocycles. The van der Waals surface area contributed by atoms with E-state index in [1.807, 2.05) is 0 Å². The van der Waals surface area contributed by atoms with Gasteiger partial charge in [-0.15, -0.1) is 0 Å². The molecule has 0 aliphatic rings. The molecule has 1 unspecified atom stereocenters. The Bertz CT molecular complexity index is 832. The third-order valence-corrected chi connectivity index (χ3v) is 4.68. The van der Waals surface area contributed by atoms with Crippen LogP contribution in [0.5, 0.6) is 5.75 Å². The topological polar surface area (TPSA) is 63.6 Å². The molecule has 0 saturated carbocycles. The van der Waals surface area contributed by atoms with Gasteiger partial charge in [0.2, 0.25) is 0 Å². The molecule has 4 nitrogen and oxygen atoms in total. The van der Waals surface area contributed by atoms with Crippen molar-refractivity contribution in [1.82, 2.24) is 0 Å². The maximum absolute atomic E-state index is 12.1. The average Bonchev–Trinajstić information content (AvgIpc) is 2.58. The summed E-state index contributed by atoms with van der Waals surface area (Å²) in [5, 5.41) is 9.14. The number of carbonyl (C=O) groups is 2. The van der Waals surface area contributed by atoms with Crippen LogP contribution in [0.1, 0.15) is 22.8 Å². The molecule has 1 N–H and O–H groups in total. The van der Waals surface area contributed by atoms with Gasteiger partial charge in [-0.3, -0.25) is 4.79 Å². The van der Waals surface area contributed by atoms with E-state index in [4.69, 9.17) is 33.0 Å². The Morgan fingerprint density at radius 2 is 1.76 bits per heavy atom. The first-order valence-electron chi connectivity index (χ1n) is 7.15. The highest BCUT2D eigenvalue weighted by molar-refractivity contribution is 9.10. The molecule has 0 spiro atoms. The summed E-state index contributed by atoms with van der Waals surface area (Å²) in [4.78, 5) is 23.0. The van der Waals surface area contributed by atoms with E-state index in [9.17, 15) is 9.59 Å². The van der Waals surface area contributed by atoms with Crippen molar-refractivity contribution in [2.45, 2.75) is 13.0 Å². The van der Waals surface area contributed by atoms with E-state index >= 15 is 0 Å². The molecule has 2 rings (SSSR count). The standard InChI is InChI=1S/C18H13BrCl2O4/c1-10(18(23)24)25-15-9-5-12(16(20)17(15)21)4-8-14(22)11-2-6-13(19)7-3-11/h2-10H,1H3,(H,23,24)/b8-4+. The highest BCUT2D eigenvalue weighted by Gasteiger charge is 2.17. The van der Waals surface area contributed by atoms with E-state index < -0.39 is 12.1 Å². The van der Waals surface area contributed by atoms with Crippen molar-refractivity contribution in [3.8, 4) is 5.75 Å². The second-order valence-corrected chi connectivity index (χ2v) is 6.76. The van der Waals surface area contributed by atoms with Gasteiger partial charge in [-0.25, -0.2) is 4.79 Å². The lowest BCUT2D eigenvalue weighted by atomic mass is 10.1. The zero-order valence-corrected chi connectivity index (χ0v) is 16.1. The van der Waals surface area contributed by atoms with E-state index in [0.29, 0.717) is 11.1 Å². The van der Waals surface area contributed by atoms with Gasteiger partial charge < -0.3 is 9.84 Å². The Morgan fingerprint density at radius 3 is 2.36 bits per heavy atom. The van der Waals surface area contributed by atoms with Crippen molar-refractivity contribution in [1.29, 1.82) is 0 Å². The Hall–Kier alpha value is -1.82. The summed E-state index contributed by atoms with van der Waals surface area (Å²) >= 11 is 15.6. The van der Waals surface area contributed by atoms with Gasteiger partial charge in [-0.05, 0) is 61.0 Å². The summed E-state index contributed by atoms with van der Waals surface area (Å²) in [6.07, 6.45) is 1.87. The predicted octanol–water partition coefficient (Wildman–Crippen LogP) is 5.50. The first kappa shape index (κ1) is 19.5. The second-order valence-electron chi connectivity index (χ2n) is 5.08. The van der Waals surface area contributed by atoms with Gasteiger partial charge in [0.1, 0.15) is 10.8 Å². The molecule has 0 aromatic heterocycles. The highest BCUT2D eigenvalue weighted by Crippen LogP contribution is 2.35. The van der Waals surface area contributed by atoms with Crippen molar-refractivity contribution < 1.29 is 19.4 Å². The van der Waals surface area contributed by atoms with Crippen molar-refractivity contribution in [2.75, 3.05) is 0 Å². The van der Waals surface area contributed by atoms with Crippen LogP contribution in [-0.4, -0.2) is 23.0 Å². The molecule has 0 amide bonds. The van der Waals surface area contributed by atoms with Crippen molar-refractivity contribution in [2.24, 2.45) is 0 Å². The number of ketones is 1. The van der Waals surface area contributed by atoms with Crippen LogP contribution in [-0.2, 0) is 4.79 Å². The molecular weight excluding hydrogens is 431 g/mol. The van der Waals surface area contributed by atoms with Crippen molar-refractivity contribution in [3.63, 3.8) is 0 Å². The summed E-state index contributed by atoms with van der Waals surface area (Å²) in [5.41, 5.74) is 1.06. The lowest BCUT2D eigenvalue weighted by Crippen LogP contribution is -2.23. The van der Waals surface area contributed by atoms with Gasteiger partial charge in [-0.1, -0.05) is 39.1 Å². The number of carbonyl (C=O) groups excluding carboxylic acids is 1. The zero-order valence-electron chi connectivity index (χ0n) is 13.0. The minimum absolute atomic E-state index is 0.0907. The lowest BCUT2D eigenvalue weighted by Gasteiger charge is -2.13. The zero-order chi connectivity index (χ0) is 18.6. The number of benzene rings is 2. The van der Waals surface area contributed by atoms with Crippen LogP contribution in [0.3, 0.4) is 0 Å². The number of rotatable bonds is 6. The Kier molecular flexibility index (Phi) is 6.64. The third-order valence-electron chi connectivity index (χ3n) is 3.27. The summed E-state index contributed by atoms with van der Waals surface area (Å²) in [6, 6.07) is 10.1. The van der Waals surface area contributed by atoms with Crippen LogP contribution < -0.4 is 4.74 Å². The largest absolute Gasteiger partial charge is 0.479 e. The van der Waals surface area contributed by atoms with Crippen LogP contribution in [0.25, 0.3) is 6.08 Å². The molecular formula is C18H13BrCl2O4. The molecule has 0 saturated heterocycles. The molecule has 1 atom stereocenters. The Morgan fingerprint density at radius 1 is 1.12 bits per heavy atom. The van der Waals surface area contributed by atoms with E-state index in [-0.39, 0.29) is 21.6 Å². The van der Waals surface area contributed by atoms with Crippen LogP contribution in [0.4, 0.5) is 0 Å². The number of hydrogen-bond donors (Lipinski definition) is 1. The van der Waals surface area contributed by atoms with Crippen LogP contribution in [0, 0.1) is 0 Å². The van der Waals surface area contributed by atoms with Gasteiger partial charge in [0, 0.05) is 10.0 Å². The van der Waals surface area contributed by atoms with Gasteiger partial charge in [-0.2, -0.15) is 0 Å². The average molecular weight is 444 g/mol. The number of halogens is 3. The molecule has 0 aliphatic carbocycles. The Balaban J connectivity index is 2.20. The van der Waals surface area contributed by atoms with Gasteiger partial charge >= 0.3 is 5.97 Å². The Labute approximate surface area is 163 Å². The summed E-state index contributed by atoms with van der Waals surface area (Å²) < 4.78 is 6.12. The van der Waals surface area contributed by atoms with Crippen LogP contribution in [0.2, 0.25) is 10.0 Å². The van der Waals surface area contributed by atoms with E-state index in [0.717, 1.165) is 4.47 Å². The normalized spacial score (nSPS) is 12.2. The fraction of sp³-hybridized carbons (Fsp3) is 0.111. The van der Waals surface area contributed by atoms with E-state index in [1.165, 1.54) is 19.1 Å². The predicted molar refractivity (Wildman–Crippen MR) is 102 cm³/mol. The molecule has 0 radical (unpaired) electrons.